The van der Waals surface area contributed by atoms with Crippen molar-refractivity contribution >= 4 is 11.8 Å². The molecular formula is C14H19N3S. The van der Waals surface area contributed by atoms with Gasteiger partial charge in [0.05, 0.1) is 11.1 Å². The van der Waals surface area contributed by atoms with Gasteiger partial charge in [0.15, 0.2) is 0 Å². The molecule has 0 saturated carbocycles. The van der Waals surface area contributed by atoms with E-state index in [9.17, 15) is 0 Å². The Morgan fingerprint density at radius 3 is 2.56 bits per heavy atom. The average molecular weight is 261 g/mol. The van der Waals surface area contributed by atoms with Crippen molar-refractivity contribution < 1.29 is 0 Å². The van der Waals surface area contributed by atoms with Gasteiger partial charge in [-0.1, -0.05) is 30.8 Å². The summed E-state index contributed by atoms with van der Waals surface area (Å²) in [7, 11) is 1.94. The Balaban J connectivity index is 2.03. The molecule has 0 spiro atoms. The third-order valence-corrected chi connectivity index (χ3v) is 3.76. The SMILES string of the molecule is CCNC(C)c1ccc(Sc2cnn(C)c2)cc1. The highest BCUT2D eigenvalue weighted by molar-refractivity contribution is 7.99. The molecule has 0 aliphatic rings. The van der Waals surface area contributed by atoms with Crippen molar-refractivity contribution in [3.05, 3.63) is 42.2 Å². The van der Waals surface area contributed by atoms with Crippen LogP contribution in [0.5, 0.6) is 0 Å². The third kappa shape index (κ3) is 3.37. The summed E-state index contributed by atoms with van der Waals surface area (Å²) in [6.07, 6.45) is 3.92. The molecule has 1 aromatic heterocycles. The average Bonchev–Trinajstić information content (AvgIpc) is 2.76. The number of nitrogens with zero attached hydrogens (tertiary/aromatic N) is 2. The lowest BCUT2D eigenvalue weighted by atomic mass is 10.1. The van der Waals surface area contributed by atoms with E-state index in [1.54, 1.807) is 11.8 Å². The molecule has 0 radical (unpaired) electrons. The number of rotatable bonds is 5. The molecule has 0 fully saturated rings. The first kappa shape index (κ1) is 13.2. The monoisotopic (exact) mass is 261 g/mol. The number of hydrogen-bond donors (Lipinski definition) is 1. The molecule has 18 heavy (non-hydrogen) atoms. The first-order chi connectivity index (χ1) is 8.69. The van der Waals surface area contributed by atoms with Gasteiger partial charge in [-0.05, 0) is 31.2 Å². The maximum Gasteiger partial charge on any atom is 0.0629 e. The van der Waals surface area contributed by atoms with Gasteiger partial charge in [0, 0.05) is 24.2 Å². The molecule has 0 bridgehead atoms. The van der Waals surface area contributed by atoms with Crippen molar-refractivity contribution in [2.75, 3.05) is 6.54 Å². The molecule has 2 rings (SSSR count). The maximum absolute atomic E-state index is 4.17. The minimum atomic E-state index is 0.410. The molecule has 1 aromatic carbocycles. The van der Waals surface area contributed by atoms with Gasteiger partial charge in [-0.3, -0.25) is 4.68 Å². The standard InChI is InChI=1S/C14H19N3S/c1-4-15-11(2)12-5-7-13(8-6-12)18-14-9-16-17(3)10-14/h5-11,15H,4H2,1-3H3. The van der Waals surface area contributed by atoms with E-state index in [0.29, 0.717) is 6.04 Å². The highest BCUT2D eigenvalue weighted by Crippen LogP contribution is 2.27. The van der Waals surface area contributed by atoms with Gasteiger partial charge in [-0.25, -0.2) is 0 Å². The first-order valence-corrected chi connectivity index (χ1v) is 7.00. The Labute approximate surface area is 113 Å². The molecule has 1 heterocycles. The summed E-state index contributed by atoms with van der Waals surface area (Å²) in [4.78, 5) is 2.42. The zero-order valence-corrected chi connectivity index (χ0v) is 11.9. The number of benzene rings is 1. The van der Waals surface area contributed by atoms with Gasteiger partial charge < -0.3 is 5.32 Å². The quantitative estimate of drug-likeness (QED) is 0.896. The molecule has 1 atom stereocenters. The second-order valence-electron chi connectivity index (χ2n) is 4.30. The smallest absolute Gasteiger partial charge is 0.0629 e. The van der Waals surface area contributed by atoms with Gasteiger partial charge in [0.25, 0.3) is 0 Å². The molecule has 0 amide bonds. The number of aromatic nitrogens is 2. The van der Waals surface area contributed by atoms with Gasteiger partial charge in [-0.15, -0.1) is 0 Å². The van der Waals surface area contributed by atoms with Crippen LogP contribution in [0.25, 0.3) is 0 Å². The lowest BCUT2D eigenvalue weighted by Crippen LogP contribution is -2.17. The summed E-state index contributed by atoms with van der Waals surface area (Å²) in [5.41, 5.74) is 1.33. The van der Waals surface area contributed by atoms with Gasteiger partial charge >= 0.3 is 0 Å². The molecule has 3 nitrogen and oxygen atoms in total. The summed E-state index contributed by atoms with van der Waals surface area (Å²) in [6, 6.07) is 9.12. The highest BCUT2D eigenvalue weighted by atomic mass is 32.2. The lowest BCUT2D eigenvalue weighted by Gasteiger charge is -2.12. The fourth-order valence-corrected chi connectivity index (χ4v) is 2.69. The lowest BCUT2D eigenvalue weighted by molar-refractivity contribution is 0.598. The van der Waals surface area contributed by atoms with Crippen LogP contribution >= 0.6 is 11.8 Å². The predicted octanol–water partition coefficient (Wildman–Crippen LogP) is 3.24. The maximum atomic E-state index is 4.17. The van der Waals surface area contributed by atoms with Crippen LogP contribution < -0.4 is 5.32 Å². The van der Waals surface area contributed by atoms with E-state index in [1.165, 1.54) is 15.4 Å². The van der Waals surface area contributed by atoms with Crippen molar-refractivity contribution in [3.8, 4) is 0 Å². The van der Waals surface area contributed by atoms with E-state index >= 15 is 0 Å². The van der Waals surface area contributed by atoms with Crippen LogP contribution in [0.1, 0.15) is 25.5 Å². The minimum Gasteiger partial charge on any atom is -0.310 e. The molecule has 0 saturated heterocycles. The molecule has 0 aliphatic carbocycles. The fraction of sp³-hybridized carbons (Fsp3) is 0.357. The van der Waals surface area contributed by atoms with Crippen molar-refractivity contribution in [3.63, 3.8) is 0 Å². The van der Waals surface area contributed by atoms with Crippen molar-refractivity contribution in [1.82, 2.24) is 15.1 Å². The van der Waals surface area contributed by atoms with Crippen LogP contribution in [0, 0.1) is 0 Å². The highest BCUT2D eigenvalue weighted by Gasteiger charge is 2.04. The molecule has 1 unspecified atom stereocenters. The van der Waals surface area contributed by atoms with Crippen LogP contribution in [-0.2, 0) is 7.05 Å². The first-order valence-electron chi connectivity index (χ1n) is 6.19. The van der Waals surface area contributed by atoms with Gasteiger partial charge in [0.1, 0.15) is 0 Å². The molecule has 2 aromatic rings. The Morgan fingerprint density at radius 2 is 2.00 bits per heavy atom. The summed E-state index contributed by atoms with van der Waals surface area (Å²) >= 11 is 1.74. The summed E-state index contributed by atoms with van der Waals surface area (Å²) in [5, 5.41) is 7.58. The van der Waals surface area contributed by atoms with Crippen LogP contribution in [0.15, 0.2) is 46.5 Å². The van der Waals surface area contributed by atoms with E-state index in [-0.39, 0.29) is 0 Å². The Kier molecular flexibility index (Phi) is 4.44. The van der Waals surface area contributed by atoms with Gasteiger partial charge in [0.2, 0.25) is 0 Å². The largest absolute Gasteiger partial charge is 0.310 e. The third-order valence-electron chi connectivity index (χ3n) is 2.81. The molecule has 96 valence electrons. The van der Waals surface area contributed by atoms with E-state index < -0.39 is 0 Å². The summed E-state index contributed by atoms with van der Waals surface area (Å²) in [5.74, 6) is 0. The molecule has 0 aliphatic heterocycles. The fourth-order valence-electron chi connectivity index (χ4n) is 1.84. The van der Waals surface area contributed by atoms with Crippen molar-refractivity contribution in [1.29, 1.82) is 0 Å². The summed E-state index contributed by atoms with van der Waals surface area (Å²) in [6.45, 7) is 5.31. The van der Waals surface area contributed by atoms with E-state index in [0.717, 1.165) is 6.54 Å². The predicted molar refractivity (Wildman–Crippen MR) is 75.9 cm³/mol. The topological polar surface area (TPSA) is 29.9 Å². The minimum absolute atomic E-state index is 0.410. The van der Waals surface area contributed by atoms with E-state index in [4.69, 9.17) is 0 Å². The molecular weight excluding hydrogens is 242 g/mol. The van der Waals surface area contributed by atoms with Crippen LogP contribution in [0.2, 0.25) is 0 Å². The number of nitrogens with one attached hydrogen (secondary N) is 1. The Morgan fingerprint density at radius 1 is 1.28 bits per heavy atom. The molecule has 1 N–H and O–H groups in total. The van der Waals surface area contributed by atoms with E-state index in [2.05, 4.69) is 48.5 Å². The second kappa shape index (κ2) is 6.07. The van der Waals surface area contributed by atoms with Crippen molar-refractivity contribution in [2.45, 2.75) is 29.7 Å². The van der Waals surface area contributed by atoms with Crippen molar-refractivity contribution in [2.24, 2.45) is 7.05 Å². The Hall–Kier alpha value is -1.26. The summed E-state index contributed by atoms with van der Waals surface area (Å²) < 4.78 is 1.82. The Bertz CT molecular complexity index is 490. The zero-order valence-electron chi connectivity index (χ0n) is 11.1. The van der Waals surface area contributed by atoms with Crippen LogP contribution in [-0.4, -0.2) is 16.3 Å². The van der Waals surface area contributed by atoms with E-state index in [1.807, 2.05) is 24.1 Å². The molecule has 4 heteroatoms. The zero-order chi connectivity index (χ0) is 13.0. The van der Waals surface area contributed by atoms with Gasteiger partial charge in [-0.2, -0.15) is 5.10 Å². The number of hydrogen-bond acceptors (Lipinski definition) is 3. The second-order valence-corrected chi connectivity index (χ2v) is 5.45. The van der Waals surface area contributed by atoms with Crippen LogP contribution in [0.4, 0.5) is 0 Å². The van der Waals surface area contributed by atoms with Crippen LogP contribution in [0.3, 0.4) is 0 Å². The number of aryl methyl sites for hydroxylation is 1. The normalized spacial score (nSPS) is 12.6.